The number of aryl methyl sites for hydroxylation is 1. The predicted octanol–water partition coefficient (Wildman–Crippen LogP) is 6.85. The number of fused-ring (bicyclic) bond motifs is 1. The van der Waals surface area contributed by atoms with Crippen molar-refractivity contribution in [3.63, 3.8) is 0 Å². The van der Waals surface area contributed by atoms with Gasteiger partial charge in [0.1, 0.15) is 5.75 Å². The third-order valence-corrected chi connectivity index (χ3v) is 6.59. The van der Waals surface area contributed by atoms with Crippen molar-refractivity contribution in [2.75, 3.05) is 13.2 Å². The van der Waals surface area contributed by atoms with E-state index in [9.17, 15) is 14.9 Å². The van der Waals surface area contributed by atoms with Crippen molar-refractivity contribution in [3.8, 4) is 22.9 Å². The number of ether oxygens (including phenoxy) is 2. The lowest BCUT2D eigenvalue weighted by molar-refractivity contribution is -0.385. The van der Waals surface area contributed by atoms with E-state index in [1.165, 1.54) is 17.0 Å². The van der Waals surface area contributed by atoms with E-state index in [1.807, 2.05) is 32.0 Å². The maximum absolute atomic E-state index is 13.7. The first kappa shape index (κ1) is 28.0. The Morgan fingerprint density at radius 1 is 1.13 bits per heavy atom. The number of halogens is 1. The van der Waals surface area contributed by atoms with Crippen molar-refractivity contribution in [2.24, 2.45) is 5.10 Å². The van der Waals surface area contributed by atoms with E-state index in [1.54, 1.807) is 31.2 Å². The van der Waals surface area contributed by atoms with E-state index in [0.29, 0.717) is 33.4 Å². The van der Waals surface area contributed by atoms with Crippen molar-refractivity contribution in [3.05, 3.63) is 90.2 Å². The van der Waals surface area contributed by atoms with Gasteiger partial charge in [-0.25, -0.2) is 4.98 Å². The van der Waals surface area contributed by atoms with Crippen LogP contribution < -0.4 is 15.0 Å². The molecule has 4 aromatic rings. The largest absolute Gasteiger partial charge is 0.494 e. The summed E-state index contributed by atoms with van der Waals surface area (Å²) < 4.78 is 13.2. The number of rotatable bonds is 9. The van der Waals surface area contributed by atoms with Gasteiger partial charge in [-0.1, -0.05) is 41.9 Å². The number of para-hydroxylation sites is 1. The first-order chi connectivity index (χ1) is 18.7. The van der Waals surface area contributed by atoms with Gasteiger partial charge in [0.2, 0.25) is 5.75 Å². The summed E-state index contributed by atoms with van der Waals surface area (Å²) in [5.74, 6) is 1.36. The number of hydrogen-bond donors (Lipinski definition) is 0. The maximum Gasteiger partial charge on any atom is 0.312 e. The highest BCUT2D eigenvalue weighted by atomic mass is 79.9. The highest BCUT2D eigenvalue weighted by Crippen LogP contribution is 2.35. The quantitative estimate of drug-likeness (QED) is 0.119. The fourth-order valence-electron chi connectivity index (χ4n) is 4.33. The summed E-state index contributed by atoms with van der Waals surface area (Å²) in [5.41, 5.74) is 2.88. The highest BCUT2D eigenvalue weighted by Gasteiger charge is 2.21. The predicted molar refractivity (Wildman–Crippen MR) is 156 cm³/mol. The Morgan fingerprint density at radius 2 is 1.85 bits per heavy atom. The summed E-state index contributed by atoms with van der Waals surface area (Å²) in [7, 11) is 0. The maximum atomic E-state index is 13.7. The topological polar surface area (TPSA) is 109 Å². The fourth-order valence-corrected chi connectivity index (χ4v) is 4.79. The smallest absolute Gasteiger partial charge is 0.312 e. The molecule has 0 aliphatic rings. The van der Waals surface area contributed by atoms with Gasteiger partial charge < -0.3 is 9.47 Å². The molecule has 1 heterocycles. The molecule has 0 saturated carbocycles. The van der Waals surface area contributed by atoms with Gasteiger partial charge in [-0.15, -0.1) is 0 Å². The molecule has 4 rings (SSSR count). The molecule has 0 aliphatic carbocycles. The average Bonchev–Trinajstić information content (AvgIpc) is 2.89. The van der Waals surface area contributed by atoms with E-state index in [0.717, 1.165) is 22.4 Å². The van der Waals surface area contributed by atoms with Crippen LogP contribution in [-0.2, 0) is 0 Å². The van der Waals surface area contributed by atoms with Crippen molar-refractivity contribution >= 4 is 38.7 Å². The number of nitro benzene ring substituents is 1. The molecule has 1 aromatic heterocycles. The number of nitro groups is 1. The van der Waals surface area contributed by atoms with E-state index in [2.05, 4.69) is 34.9 Å². The van der Waals surface area contributed by atoms with Crippen molar-refractivity contribution < 1.29 is 14.4 Å². The summed E-state index contributed by atoms with van der Waals surface area (Å²) in [5, 5.41) is 16.6. The van der Waals surface area contributed by atoms with Crippen LogP contribution in [0.1, 0.15) is 50.3 Å². The SMILES string of the molecule is CCOc1cc(C)c(-c2nc3ccccc3c(=O)n2N=Cc2cc(Br)cc([N+](=O)[O-])c2OCC)cc1C(C)C. The van der Waals surface area contributed by atoms with Crippen LogP contribution in [0.4, 0.5) is 5.69 Å². The Bertz CT molecular complexity index is 1650. The van der Waals surface area contributed by atoms with E-state index >= 15 is 0 Å². The molecule has 0 saturated heterocycles. The molecule has 0 spiro atoms. The van der Waals surface area contributed by atoms with Gasteiger partial charge in [0, 0.05) is 21.7 Å². The minimum Gasteiger partial charge on any atom is -0.494 e. The van der Waals surface area contributed by atoms with Crippen molar-refractivity contribution in [2.45, 2.75) is 40.5 Å². The van der Waals surface area contributed by atoms with Gasteiger partial charge >= 0.3 is 5.69 Å². The molecule has 0 bridgehead atoms. The van der Waals surface area contributed by atoms with Gasteiger partial charge in [-0.2, -0.15) is 9.78 Å². The van der Waals surface area contributed by atoms with Crippen LogP contribution >= 0.6 is 15.9 Å². The molecule has 0 radical (unpaired) electrons. The first-order valence-corrected chi connectivity index (χ1v) is 13.4. The zero-order chi connectivity index (χ0) is 28.3. The van der Waals surface area contributed by atoms with Crippen LogP contribution in [0.3, 0.4) is 0 Å². The molecular formula is C29H29BrN4O5. The van der Waals surface area contributed by atoms with Crippen LogP contribution in [-0.4, -0.2) is 34.0 Å². The van der Waals surface area contributed by atoms with Crippen LogP contribution in [0.15, 0.2) is 62.9 Å². The molecule has 0 atom stereocenters. The van der Waals surface area contributed by atoms with Crippen LogP contribution in [0.2, 0.25) is 0 Å². The van der Waals surface area contributed by atoms with Gasteiger partial charge in [-0.3, -0.25) is 14.9 Å². The molecular weight excluding hydrogens is 564 g/mol. The highest BCUT2D eigenvalue weighted by molar-refractivity contribution is 9.10. The molecule has 0 aliphatic heterocycles. The van der Waals surface area contributed by atoms with Crippen LogP contribution in [0.5, 0.6) is 11.5 Å². The van der Waals surface area contributed by atoms with Crippen LogP contribution in [0, 0.1) is 17.0 Å². The molecule has 0 N–H and O–H groups in total. The fraction of sp³-hybridized carbons (Fsp3) is 0.276. The summed E-state index contributed by atoms with van der Waals surface area (Å²) in [6, 6.07) is 14.0. The second kappa shape index (κ2) is 11.8. The lowest BCUT2D eigenvalue weighted by atomic mass is 9.96. The second-order valence-corrected chi connectivity index (χ2v) is 10.1. The number of benzene rings is 3. The summed E-state index contributed by atoms with van der Waals surface area (Å²) in [6.07, 6.45) is 1.39. The molecule has 10 heteroatoms. The Morgan fingerprint density at radius 3 is 2.51 bits per heavy atom. The normalized spacial score (nSPS) is 11.5. The van der Waals surface area contributed by atoms with Crippen molar-refractivity contribution in [1.82, 2.24) is 9.66 Å². The Kier molecular flexibility index (Phi) is 8.44. The van der Waals surface area contributed by atoms with Gasteiger partial charge in [0.15, 0.2) is 5.82 Å². The third-order valence-electron chi connectivity index (χ3n) is 6.13. The lowest BCUT2D eigenvalue weighted by Crippen LogP contribution is -2.21. The third kappa shape index (κ3) is 5.70. The monoisotopic (exact) mass is 592 g/mol. The van der Waals surface area contributed by atoms with Gasteiger partial charge in [-0.05, 0) is 68.1 Å². The minimum atomic E-state index is -0.515. The summed E-state index contributed by atoms with van der Waals surface area (Å²) in [6.45, 7) is 10.5. The molecule has 9 nitrogen and oxygen atoms in total. The number of aromatic nitrogens is 2. The zero-order valence-electron chi connectivity index (χ0n) is 22.4. The Hall–Kier alpha value is -4.05. The zero-order valence-corrected chi connectivity index (χ0v) is 24.0. The van der Waals surface area contributed by atoms with E-state index < -0.39 is 4.92 Å². The Labute approximate surface area is 234 Å². The van der Waals surface area contributed by atoms with Crippen molar-refractivity contribution in [1.29, 1.82) is 0 Å². The molecule has 3 aromatic carbocycles. The molecule has 0 unspecified atom stereocenters. The molecule has 39 heavy (non-hydrogen) atoms. The van der Waals surface area contributed by atoms with Crippen LogP contribution in [0.25, 0.3) is 22.3 Å². The summed E-state index contributed by atoms with van der Waals surface area (Å²) in [4.78, 5) is 29.8. The first-order valence-electron chi connectivity index (χ1n) is 12.6. The average molecular weight is 593 g/mol. The molecule has 0 fully saturated rings. The summed E-state index contributed by atoms with van der Waals surface area (Å²) >= 11 is 3.33. The number of nitrogens with zero attached hydrogens (tertiary/aromatic N) is 4. The standard InChI is InChI=1S/C29H29BrN4O5/c1-6-38-26-12-18(5)23(15-22(26)17(3)4)28-32-24-11-9-8-10-21(24)29(35)33(28)31-16-19-13-20(30)14-25(34(36)37)27(19)39-7-2/h8-17H,6-7H2,1-5H3. The minimum absolute atomic E-state index is 0.0668. The molecule has 0 amide bonds. The van der Waals surface area contributed by atoms with Gasteiger partial charge in [0.05, 0.1) is 35.3 Å². The Balaban J connectivity index is 2.01. The second-order valence-electron chi connectivity index (χ2n) is 9.14. The van der Waals surface area contributed by atoms with Gasteiger partial charge in [0.25, 0.3) is 5.56 Å². The lowest BCUT2D eigenvalue weighted by Gasteiger charge is -2.18. The number of hydrogen-bond acceptors (Lipinski definition) is 7. The molecule has 202 valence electrons. The van der Waals surface area contributed by atoms with E-state index in [4.69, 9.17) is 14.5 Å². The van der Waals surface area contributed by atoms with E-state index in [-0.39, 0.29) is 29.5 Å².